The van der Waals surface area contributed by atoms with Crippen molar-refractivity contribution in [2.24, 2.45) is 0 Å². The Morgan fingerprint density at radius 2 is 2.15 bits per heavy atom. The van der Waals surface area contributed by atoms with E-state index in [2.05, 4.69) is 21.3 Å². The third-order valence-electron chi connectivity index (χ3n) is 3.86. The predicted octanol–water partition coefficient (Wildman–Crippen LogP) is 0.691. The van der Waals surface area contributed by atoms with Gasteiger partial charge in [0.2, 0.25) is 0 Å². The molecule has 1 saturated carbocycles. The van der Waals surface area contributed by atoms with Gasteiger partial charge in [0.15, 0.2) is 11.5 Å². The van der Waals surface area contributed by atoms with Crippen LogP contribution >= 0.6 is 0 Å². The maximum absolute atomic E-state index is 12.5. The van der Waals surface area contributed by atoms with Gasteiger partial charge in [-0.3, -0.25) is 10.2 Å². The monoisotopic (exact) mass is 278 g/mol. The summed E-state index contributed by atoms with van der Waals surface area (Å²) >= 11 is 0. The van der Waals surface area contributed by atoms with Crippen LogP contribution in [0.25, 0.3) is 0 Å². The molecule has 0 bridgehead atoms. The summed E-state index contributed by atoms with van der Waals surface area (Å²) in [6.07, 6.45) is 6.86. The summed E-state index contributed by atoms with van der Waals surface area (Å²) in [5.74, 6) is 0.0494. The second-order valence-electron chi connectivity index (χ2n) is 5.07. The van der Waals surface area contributed by atoms with Crippen molar-refractivity contribution in [3.63, 3.8) is 0 Å². The predicted molar refractivity (Wildman–Crippen MR) is 71.9 cm³/mol. The molecule has 8 nitrogen and oxygen atoms in total. The van der Waals surface area contributed by atoms with Gasteiger partial charge in [0, 0.05) is 7.05 Å². The first-order chi connectivity index (χ1) is 9.72. The molecule has 2 heterocycles. The lowest BCUT2D eigenvalue weighted by atomic mass is 9.95. The van der Waals surface area contributed by atoms with Crippen molar-refractivity contribution in [3.05, 3.63) is 12.0 Å². The molecule has 0 saturated heterocycles. The minimum absolute atomic E-state index is 0.183. The van der Waals surface area contributed by atoms with Crippen LogP contribution in [-0.2, 0) is 0 Å². The van der Waals surface area contributed by atoms with Crippen molar-refractivity contribution in [1.29, 1.82) is 0 Å². The van der Waals surface area contributed by atoms with Gasteiger partial charge in [-0.25, -0.2) is 19.4 Å². The Balaban J connectivity index is 1.84. The quantitative estimate of drug-likeness (QED) is 0.740. The highest BCUT2D eigenvalue weighted by atomic mass is 16.2. The number of amides is 2. The zero-order valence-electron chi connectivity index (χ0n) is 11.3. The number of imidazole rings is 1. The molecule has 0 atom stereocenters. The third kappa shape index (κ3) is 2.01. The van der Waals surface area contributed by atoms with Crippen LogP contribution < -0.4 is 16.3 Å². The topological polar surface area (TPSA) is 91.3 Å². The van der Waals surface area contributed by atoms with Crippen LogP contribution in [-0.4, -0.2) is 39.6 Å². The summed E-state index contributed by atoms with van der Waals surface area (Å²) in [5.41, 5.74) is 6.00. The highest BCUT2D eigenvalue weighted by Gasteiger charge is 2.33. The van der Waals surface area contributed by atoms with Gasteiger partial charge in [0.05, 0.1) is 6.04 Å². The molecule has 8 heteroatoms. The van der Waals surface area contributed by atoms with Crippen LogP contribution in [0.5, 0.6) is 0 Å². The molecule has 0 aromatic carbocycles. The smallest absolute Gasteiger partial charge is 0.347 e. The minimum atomic E-state index is -0.327. The number of aromatic nitrogens is 2. The lowest BCUT2D eigenvalue weighted by Crippen LogP contribution is -2.57. The second-order valence-corrected chi connectivity index (χ2v) is 5.07. The van der Waals surface area contributed by atoms with E-state index in [1.165, 1.54) is 24.4 Å². The van der Waals surface area contributed by atoms with Gasteiger partial charge in [0.1, 0.15) is 6.33 Å². The number of anilines is 1. The first kappa shape index (κ1) is 12.9. The Morgan fingerprint density at radius 3 is 2.85 bits per heavy atom. The highest BCUT2D eigenvalue weighted by Crippen LogP contribution is 2.25. The molecule has 1 aliphatic heterocycles. The Labute approximate surface area is 116 Å². The fourth-order valence-electron chi connectivity index (χ4n) is 2.76. The van der Waals surface area contributed by atoms with Gasteiger partial charge < -0.3 is 5.32 Å². The van der Waals surface area contributed by atoms with Crippen LogP contribution in [0.4, 0.5) is 10.6 Å². The van der Waals surface area contributed by atoms with E-state index in [0.29, 0.717) is 5.82 Å². The van der Waals surface area contributed by atoms with Gasteiger partial charge in [-0.15, -0.1) is 5.53 Å². The van der Waals surface area contributed by atoms with Crippen molar-refractivity contribution in [1.82, 2.24) is 25.4 Å². The van der Waals surface area contributed by atoms with Crippen LogP contribution in [0.1, 0.15) is 42.6 Å². The van der Waals surface area contributed by atoms with Crippen LogP contribution in [0, 0.1) is 0 Å². The van der Waals surface area contributed by atoms with E-state index in [-0.39, 0.29) is 23.7 Å². The molecule has 3 rings (SSSR count). The molecule has 2 aliphatic rings. The largest absolute Gasteiger partial charge is 0.354 e. The molecule has 2 amide bonds. The normalized spacial score (nSPS) is 19.4. The van der Waals surface area contributed by atoms with E-state index in [9.17, 15) is 9.59 Å². The second kappa shape index (κ2) is 5.12. The maximum atomic E-state index is 12.5. The first-order valence-corrected chi connectivity index (χ1v) is 6.87. The van der Waals surface area contributed by atoms with Gasteiger partial charge in [-0.05, 0) is 12.8 Å². The SMILES string of the molecule is CNC(=O)c1ncn2c1NNN(C1CCCCC1)C2=O. The van der Waals surface area contributed by atoms with E-state index in [1.807, 2.05) is 0 Å². The van der Waals surface area contributed by atoms with Gasteiger partial charge in [0.25, 0.3) is 5.91 Å². The molecule has 0 radical (unpaired) electrons. The summed E-state index contributed by atoms with van der Waals surface area (Å²) in [6.45, 7) is 0. The summed E-state index contributed by atoms with van der Waals surface area (Å²) in [4.78, 5) is 28.1. The summed E-state index contributed by atoms with van der Waals surface area (Å²) in [5, 5.41) is 4.10. The summed E-state index contributed by atoms with van der Waals surface area (Å²) in [6, 6.07) is -0.0175. The lowest BCUT2D eigenvalue weighted by Gasteiger charge is -2.37. The first-order valence-electron chi connectivity index (χ1n) is 6.87. The number of fused-ring (bicyclic) bond motifs is 1. The average Bonchev–Trinajstić information content (AvgIpc) is 2.92. The number of nitrogens with zero attached hydrogens (tertiary/aromatic N) is 3. The van der Waals surface area contributed by atoms with Crippen molar-refractivity contribution < 1.29 is 9.59 Å². The molecule has 1 fully saturated rings. The van der Waals surface area contributed by atoms with Crippen molar-refractivity contribution >= 4 is 17.8 Å². The van der Waals surface area contributed by atoms with E-state index in [4.69, 9.17) is 0 Å². The molecule has 1 aromatic heterocycles. The van der Waals surface area contributed by atoms with E-state index >= 15 is 0 Å². The van der Waals surface area contributed by atoms with Gasteiger partial charge in [-0.1, -0.05) is 19.3 Å². The lowest BCUT2D eigenvalue weighted by molar-refractivity contribution is 0.0958. The highest BCUT2D eigenvalue weighted by molar-refractivity contribution is 5.99. The number of carbonyl (C=O) groups excluding carboxylic acids is 2. The number of hydrazine groups is 2. The number of carbonyl (C=O) groups is 2. The van der Waals surface area contributed by atoms with Gasteiger partial charge in [-0.2, -0.15) is 0 Å². The fraction of sp³-hybridized carbons (Fsp3) is 0.583. The van der Waals surface area contributed by atoms with Crippen LogP contribution in [0.3, 0.4) is 0 Å². The molecule has 3 N–H and O–H groups in total. The molecule has 20 heavy (non-hydrogen) atoms. The third-order valence-corrected chi connectivity index (χ3v) is 3.86. The molecule has 0 spiro atoms. The minimum Gasteiger partial charge on any atom is -0.354 e. The fourth-order valence-corrected chi connectivity index (χ4v) is 2.76. The van der Waals surface area contributed by atoms with E-state index < -0.39 is 0 Å². The molecule has 0 unspecified atom stereocenters. The molecule has 1 aliphatic carbocycles. The van der Waals surface area contributed by atoms with Crippen molar-refractivity contribution in [3.8, 4) is 0 Å². The summed E-state index contributed by atoms with van der Waals surface area (Å²) < 4.78 is 1.37. The average molecular weight is 278 g/mol. The zero-order valence-corrected chi connectivity index (χ0v) is 11.3. The van der Waals surface area contributed by atoms with Crippen molar-refractivity contribution in [2.45, 2.75) is 38.1 Å². The van der Waals surface area contributed by atoms with Crippen LogP contribution in [0.15, 0.2) is 6.33 Å². The Morgan fingerprint density at radius 1 is 1.40 bits per heavy atom. The van der Waals surface area contributed by atoms with Crippen molar-refractivity contribution in [2.75, 3.05) is 12.5 Å². The molecule has 1 aromatic rings. The number of nitrogens with one attached hydrogen (secondary N) is 3. The maximum Gasteiger partial charge on any atom is 0.347 e. The standard InChI is InChI=1S/C12H18N6O2/c1-13-11(19)9-10-15-16-18(8-5-3-2-4-6-8)12(20)17(10)7-14-9/h7-8,15-16H,2-6H2,1H3,(H,13,19). The number of rotatable bonds is 2. The van der Waals surface area contributed by atoms with E-state index in [0.717, 1.165) is 25.7 Å². The number of hydrogen-bond acceptors (Lipinski definition) is 5. The molecular weight excluding hydrogens is 260 g/mol. The molecule has 108 valence electrons. The Hall–Kier alpha value is -2.09. The number of hydrogen-bond donors (Lipinski definition) is 3. The Kier molecular flexibility index (Phi) is 3.31. The molecular formula is C12H18N6O2. The zero-order chi connectivity index (χ0) is 14.1. The van der Waals surface area contributed by atoms with Gasteiger partial charge >= 0.3 is 6.03 Å². The van der Waals surface area contributed by atoms with E-state index in [1.54, 1.807) is 5.01 Å². The van der Waals surface area contributed by atoms with Crippen LogP contribution in [0.2, 0.25) is 0 Å². The Bertz CT molecular complexity index is 534. The summed E-state index contributed by atoms with van der Waals surface area (Å²) in [7, 11) is 1.53.